The molecule has 2 aromatic carbocycles. The summed E-state index contributed by atoms with van der Waals surface area (Å²) >= 11 is 0. The summed E-state index contributed by atoms with van der Waals surface area (Å²) in [5, 5.41) is 8.77. The van der Waals surface area contributed by atoms with E-state index < -0.39 is 17.7 Å². The Labute approximate surface area is 130 Å². The Kier molecular flexibility index (Phi) is 5.05. The number of aliphatic hydroxyl groups is 1. The minimum absolute atomic E-state index is 0.0212. The lowest BCUT2D eigenvalue weighted by atomic mass is 10.1. The number of ether oxygens (including phenoxy) is 1. The van der Waals surface area contributed by atoms with E-state index in [9.17, 15) is 18.0 Å². The van der Waals surface area contributed by atoms with Crippen molar-refractivity contribution in [3.8, 4) is 5.75 Å². The Hall–Kier alpha value is -2.76. The van der Waals surface area contributed by atoms with Crippen LogP contribution in [0.25, 0.3) is 0 Å². The summed E-state index contributed by atoms with van der Waals surface area (Å²) in [6.07, 6.45) is -4.78. The molecule has 0 fully saturated rings. The monoisotopic (exact) mass is 322 g/mol. The maximum absolute atomic E-state index is 12.2. The zero-order chi connectivity index (χ0) is 16.9. The summed E-state index contributed by atoms with van der Waals surface area (Å²) in [6.45, 7) is 0.336. The molecule has 1 N–H and O–H groups in total. The minimum Gasteiger partial charge on any atom is -0.504 e. The van der Waals surface area contributed by atoms with E-state index in [4.69, 9.17) is 9.84 Å². The normalized spacial score (nSPS) is 12.0. The van der Waals surface area contributed by atoms with Crippen LogP contribution in [0.15, 0.2) is 66.4 Å². The number of aliphatic hydroxyl groups excluding tert-OH is 1. The van der Waals surface area contributed by atoms with Gasteiger partial charge in [0.25, 0.3) is 0 Å². The van der Waals surface area contributed by atoms with Gasteiger partial charge in [0.1, 0.15) is 12.4 Å². The molecule has 0 aliphatic carbocycles. The second-order valence-electron chi connectivity index (χ2n) is 4.69. The zero-order valence-electron chi connectivity index (χ0n) is 11.9. The van der Waals surface area contributed by atoms with E-state index in [1.165, 1.54) is 24.3 Å². The molecule has 6 heteroatoms. The van der Waals surface area contributed by atoms with Gasteiger partial charge in [-0.1, -0.05) is 30.3 Å². The van der Waals surface area contributed by atoms with Crippen LogP contribution in [0.5, 0.6) is 5.75 Å². The fourth-order valence-electron chi connectivity index (χ4n) is 1.75. The molecule has 0 spiro atoms. The van der Waals surface area contributed by atoms with Crippen molar-refractivity contribution in [2.75, 3.05) is 0 Å². The molecule has 0 atom stereocenters. The van der Waals surface area contributed by atoms with Crippen molar-refractivity contribution in [2.45, 2.75) is 12.8 Å². The summed E-state index contributed by atoms with van der Waals surface area (Å²) in [7, 11) is 0. The van der Waals surface area contributed by atoms with Crippen LogP contribution in [0.4, 0.5) is 13.2 Å². The number of benzene rings is 2. The summed E-state index contributed by atoms with van der Waals surface area (Å²) in [5.74, 6) is -2.38. The minimum atomic E-state index is -4.94. The average molecular weight is 322 g/mol. The Morgan fingerprint density at radius 2 is 1.65 bits per heavy atom. The maximum atomic E-state index is 12.2. The van der Waals surface area contributed by atoms with Crippen molar-refractivity contribution in [1.82, 2.24) is 0 Å². The Morgan fingerprint density at radius 1 is 1.04 bits per heavy atom. The first-order chi connectivity index (χ1) is 10.9. The molecule has 120 valence electrons. The van der Waals surface area contributed by atoms with E-state index in [0.717, 1.165) is 5.56 Å². The molecule has 0 unspecified atom stereocenters. The quantitative estimate of drug-likeness (QED) is 0.502. The van der Waals surface area contributed by atoms with Crippen LogP contribution in [0.1, 0.15) is 15.9 Å². The number of hydrogen-bond acceptors (Lipinski definition) is 3. The first-order valence-electron chi connectivity index (χ1n) is 6.65. The van der Waals surface area contributed by atoms with E-state index in [-0.39, 0.29) is 11.6 Å². The highest BCUT2D eigenvalue weighted by atomic mass is 19.4. The predicted molar refractivity (Wildman–Crippen MR) is 78.3 cm³/mol. The van der Waals surface area contributed by atoms with Gasteiger partial charge in [-0.25, -0.2) is 0 Å². The van der Waals surface area contributed by atoms with E-state index in [0.29, 0.717) is 12.4 Å². The van der Waals surface area contributed by atoms with Crippen molar-refractivity contribution in [1.29, 1.82) is 0 Å². The third kappa shape index (κ3) is 4.88. The van der Waals surface area contributed by atoms with Crippen LogP contribution < -0.4 is 4.74 Å². The number of carbonyl (C=O) groups excluding carboxylic acids is 1. The van der Waals surface area contributed by atoms with Crippen LogP contribution in [0.2, 0.25) is 0 Å². The highest BCUT2D eigenvalue weighted by molar-refractivity contribution is 6.04. The van der Waals surface area contributed by atoms with E-state index in [2.05, 4.69) is 0 Å². The molecular formula is C17H13F3O3. The van der Waals surface area contributed by atoms with Crippen molar-refractivity contribution in [3.05, 3.63) is 77.6 Å². The van der Waals surface area contributed by atoms with Crippen molar-refractivity contribution in [3.63, 3.8) is 0 Å². The van der Waals surface area contributed by atoms with Gasteiger partial charge >= 0.3 is 6.18 Å². The molecule has 23 heavy (non-hydrogen) atoms. The standard InChI is InChI=1S/C17H13F3O3/c18-17(19,20)16(22)10-15(21)13-6-8-14(9-7-13)23-11-12-4-2-1-3-5-12/h1-10,22H,11H2/b16-10-. The molecule has 0 saturated carbocycles. The van der Waals surface area contributed by atoms with Crippen LogP contribution in [0.3, 0.4) is 0 Å². The number of alkyl halides is 3. The van der Waals surface area contributed by atoms with Gasteiger partial charge in [-0.3, -0.25) is 4.79 Å². The highest BCUT2D eigenvalue weighted by Crippen LogP contribution is 2.23. The lowest BCUT2D eigenvalue weighted by molar-refractivity contribution is -0.120. The van der Waals surface area contributed by atoms with Crippen LogP contribution >= 0.6 is 0 Å². The lowest BCUT2D eigenvalue weighted by Crippen LogP contribution is -2.13. The summed E-state index contributed by atoms with van der Waals surface area (Å²) in [6, 6.07) is 15.0. The molecular weight excluding hydrogens is 309 g/mol. The maximum Gasteiger partial charge on any atom is 0.448 e. The predicted octanol–water partition coefficient (Wildman–Crippen LogP) is 4.45. The summed E-state index contributed by atoms with van der Waals surface area (Å²) in [5.41, 5.74) is 0.985. The van der Waals surface area contributed by atoms with E-state index >= 15 is 0 Å². The third-order valence-corrected chi connectivity index (χ3v) is 2.95. The van der Waals surface area contributed by atoms with Gasteiger partial charge in [-0.2, -0.15) is 13.2 Å². The van der Waals surface area contributed by atoms with Gasteiger partial charge in [0.05, 0.1) is 0 Å². The summed E-state index contributed by atoms with van der Waals surface area (Å²) in [4.78, 5) is 11.6. The Balaban J connectivity index is 2.00. The molecule has 0 aromatic heterocycles. The lowest BCUT2D eigenvalue weighted by Gasteiger charge is -2.07. The number of hydrogen-bond donors (Lipinski definition) is 1. The van der Waals surface area contributed by atoms with Crippen LogP contribution in [-0.2, 0) is 6.61 Å². The zero-order valence-corrected chi connectivity index (χ0v) is 11.9. The molecule has 0 saturated heterocycles. The fourth-order valence-corrected chi connectivity index (χ4v) is 1.75. The molecule has 0 heterocycles. The van der Waals surface area contributed by atoms with Gasteiger partial charge in [-0.05, 0) is 29.8 Å². The van der Waals surface area contributed by atoms with Crippen LogP contribution in [-0.4, -0.2) is 17.1 Å². The Morgan fingerprint density at radius 3 is 2.22 bits per heavy atom. The van der Waals surface area contributed by atoms with E-state index in [1.807, 2.05) is 30.3 Å². The van der Waals surface area contributed by atoms with Crippen molar-refractivity contribution >= 4 is 5.78 Å². The van der Waals surface area contributed by atoms with Crippen molar-refractivity contribution < 1.29 is 27.8 Å². The topological polar surface area (TPSA) is 46.5 Å². The SMILES string of the molecule is O=C(/C=C(\O)C(F)(F)F)c1ccc(OCc2ccccc2)cc1. The van der Waals surface area contributed by atoms with Crippen LogP contribution in [0, 0.1) is 0 Å². The molecule has 0 aliphatic rings. The summed E-state index contributed by atoms with van der Waals surface area (Å²) < 4.78 is 42.0. The van der Waals surface area contributed by atoms with Gasteiger partial charge in [0, 0.05) is 11.6 Å². The highest BCUT2D eigenvalue weighted by Gasteiger charge is 2.34. The number of halogens is 3. The molecule has 2 rings (SSSR count). The second-order valence-corrected chi connectivity index (χ2v) is 4.69. The molecule has 0 aliphatic heterocycles. The van der Waals surface area contributed by atoms with Gasteiger partial charge < -0.3 is 9.84 Å². The largest absolute Gasteiger partial charge is 0.504 e. The Bertz CT molecular complexity index is 689. The van der Waals surface area contributed by atoms with Crippen molar-refractivity contribution in [2.24, 2.45) is 0 Å². The number of rotatable bonds is 5. The number of ketones is 1. The molecule has 3 nitrogen and oxygen atoms in total. The second kappa shape index (κ2) is 7.00. The molecule has 0 radical (unpaired) electrons. The van der Waals surface area contributed by atoms with E-state index in [1.54, 1.807) is 0 Å². The first kappa shape index (κ1) is 16.6. The third-order valence-electron chi connectivity index (χ3n) is 2.95. The molecule has 0 amide bonds. The van der Waals surface area contributed by atoms with Gasteiger partial charge in [0.2, 0.25) is 5.76 Å². The number of allylic oxidation sites excluding steroid dienone is 2. The first-order valence-corrected chi connectivity index (χ1v) is 6.65. The fraction of sp³-hybridized carbons (Fsp3) is 0.118. The molecule has 2 aromatic rings. The smallest absolute Gasteiger partial charge is 0.448 e. The van der Waals surface area contributed by atoms with Gasteiger partial charge in [-0.15, -0.1) is 0 Å². The van der Waals surface area contributed by atoms with Gasteiger partial charge in [0.15, 0.2) is 5.78 Å². The number of carbonyl (C=O) groups is 1. The molecule has 0 bridgehead atoms. The average Bonchev–Trinajstić information content (AvgIpc) is 2.53.